The standard InChI is InChI=1S/C16H20N2O4/c1-3-4-5-6-14(15(17)20)18-16(21)12-7-9-13(10-8-12)22-11(2)19/h3,7-10,14H,1,4-6H2,2H3,(H2,17,20)(H,18,21)/t14-/m1/s1. The van der Waals surface area contributed by atoms with E-state index < -0.39 is 23.8 Å². The summed E-state index contributed by atoms with van der Waals surface area (Å²) in [5.74, 6) is -1.07. The van der Waals surface area contributed by atoms with Crippen molar-refractivity contribution in [1.29, 1.82) is 0 Å². The van der Waals surface area contributed by atoms with Crippen LogP contribution in [0.3, 0.4) is 0 Å². The van der Waals surface area contributed by atoms with Crippen LogP contribution in [0.2, 0.25) is 0 Å². The van der Waals surface area contributed by atoms with Gasteiger partial charge in [0.15, 0.2) is 0 Å². The van der Waals surface area contributed by atoms with E-state index in [1.165, 1.54) is 31.2 Å². The Morgan fingerprint density at radius 1 is 1.32 bits per heavy atom. The number of carbonyl (C=O) groups excluding carboxylic acids is 3. The first-order valence-corrected chi connectivity index (χ1v) is 6.93. The van der Waals surface area contributed by atoms with Crippen LogP contribution < -0.4 is 15.8 Å². The van der Waals surface area contributed by atoms with E-state index >= 15 is 0 Å². The first-order valence-electron chi connectivity index (χ1n) is 6.93. The summed E-state index contributed by atoms with van der Waals surface area (Å²) in [6.07, 6.45) is 3.66. The fraction of sp³-hybridized carbons (Fsp3) is 0.312. The number of ether oxygens (including phenoxy) is 1. The van der Waals surface area contributed by atoms with Gasteiger partial charge in [-0.3, -0.25) is 14.4 Å². The SMILES string of the molecule is C=CCCC[C@@H](NC(=O)c1ccc(OC(C)=O)cc1)C(N)=O. The van der Waals surface area contributed by atoms with Crippen LogP contribution in [0.5, 0.6) is 5.75 Å². The summed E-state index contributed by atoms with van der Waals surface area (Å²) in [7, 11) is 0. The third-order valence-electron chi connectivity index (χ3n) is 2.93. The molecule has 0 aliphatic carbocycles. The fourth-order valence-electron chi connectivity index (χ4n) is 1.83. The molecular weight excluding hydrogens is 284 g/mol. The largest absolute Gasteiger partial charge is 0.427 e. The molecule has 0 saturated heterocycles. The van der Waals surface area contributed by atoms with Crippen LogP contribution in [0.1, 0.15) is 36.5 Å². The minimum absolute atomic E-state index is 0.349. The van der Waals surface area contributed by atoms with Crippen molar-refractivity contribution in [2.24, 2.45) is 5.73 Å². The summed E-state index contributed by atoms with van der Waals surface area (Å²) in [5.41, 5.74) is 5.64. The average Bonchev–Trinajstić information content (AvgIpc) is 2.46. The average molecular weight is 304 g/mol. The predicted octanol–water partition coefficient (Wildman–Crippen LogP) is 1.55. The number of esters is 1. The molecule has 6 nitrogen and oxygen atoms in total. The van der Waals surface area contributed by atoms with Gasteiger partial charge in [0.2, 0.25) is 5.91 Å². The number of unbranched alkanes of at least 4 members (excludes halogenated alkanes) is 1. The van der Waals surface area contributed by atoms with Gasteiger partial charge in [0.25, 0.3) is 5.91 Å². The first-order chi connectivity index (χ1) is 10.4. The van der Waals surface area contributed by atoms with Gasteiger partial charge in [0.05, 0.1) is 0 Å². The van der Waals surface area contributed by atoms with Gasteiger partial charge in [0.1, 0.15) is 11.8 Å². The van der Waals surface area contributed by atoms with Crippen molar-refractivity contribution < 1.29 is 19.1 Å². The lowest BCUT2D eigenvalue weighted by molar-refractivity contribution is -0.131. The molecule has 1 atom stereocenters. The third-order valence-corrected chi connectivity index (χ3v) is 2.93. The number of nitrogens with one attached hydrogen (secondary N) is 1. The third kappa shape index (κ3) is 5.78. The van der Waals surface area contributed by atoms with E-state index in [9.17, 15) is 14.4 Å². The van der Waals surface area contributed by atoms with E-state index in [4.69, 9.17) is 10.5 Å². The highest BCUT2D eigenvalue weighted by molar-refractivity contribution is 5.97. The summed E-state index contributed by atoms with van der Waals surface area (Å²) < 4.78 is 4.88. The molecular formula is C16H20N2O4. The summed E-state index contributed by atoms with van der Waals surface area (Å²) in [5, 5.41) is 2.60. The molecule has 1 rings (SSSR count). The number of amides is 2. The lowest BCUT2D eigenvalue weighted by Crippen LogP contribution is -2.44. The highest BCUT2D eigenvalue weighted by Gasteiger charge is 2.18. The van der Waals surface area contributed by atoms with Crippen molar-refractivity contribution in [3.05, 3.63) is 42.5 Å². The van der Waals surface area contributed by atoms with Gasteiger partial charge in [0, 0.05) is 12.5 Å². The minimum atomic E-state index is -0.722. The second-order valence-corrected chi connectivity index (χ2v) is 4.77. The Morgan fingerprint density at radius 3 is 2.45 bits per heavy atom. The molecule has 0 unspecified atom stereocenters. The molecule has 0 aromatic heterocycles. The molecule has 1 aromatic rings. The first kappa shape index (κ1) is 17.4. The quantitative estimate of drug-likeness (QED) is 0.329. The molecule has 118 valence electrons. The van der Waals surface area contributed by atoms with Gasteiger partial charge in [-0.1, -0.05) is 6.08 Å². The van der Waals surface area contributed by atoms with Crippen LogP contribution in [0.25, 0.3) is 0 Å². The van der Waals surface area contributed by atoms with Crippen LogP contribution >= 0.6 is 0 Å². The molecule has 2 amide bonds. The highest BCUT2D eigenvalue weighted by atomic mass is 16.5. The molecule has 0 radical (unpaired) electrons. The Hall–Kier alpha value is -2.63. The van der Waals surface area contributed by atoms with Gasteiger partial charge in [-0.2, -0.15) is 0 Å². The Labute approximate surface area is 129 Å². The zero-order chi connectivity index (χ0) is 16.5. The number of nitrogens with two attached hydrogens (primary N) is 1. The van der Waals surface area contributed by atoms with Crippen molar-refractivity contribution in [2.75, 3.05) is 0 Å². The second-order valence-electron chi connectivity index (χ2n) is 4.77. The zero-order valence-electron chi connectivity index (χ0n) is 12.5. The van der Waals surface area contributed by atoms with Gasteiger partial charge in [-0.25, -0.2) is 0 Å². The molecule has 0 aliphatic heterocycles. The number of rotatable bonds is 8. The van der Waals surface area contributed by atoms with E-state index in [1.54, 1.807) is 6.08 Å². The van der Waals surface area contributed by atoms with Crippen molar-refractivity contribution in [3.8, 4) is 5.75 Å². The second kappa shape index (κ2) is 8.61. The number of primary amides is 1. The number of hydrogen-bond donors (Lipinski definition) is 2. The lowest BCUT2D eigenvalue weighted by Gasteiger charge is -2.15. The fourth-order valence-corrected chi connectivity index (χ4v) is 1.83. The van der Waals surface area contributed by atoms with Crippen LogP contribution in [0, 0.1) is 0 Å². The maximum absolute atomic E-state index is 12.1. The van der Waals surface area contributed by atoms with E-state index in [0.717, 1.165) is 6.42 Å². The molecule has 0 spiro atoms. The van der Waals surface area contributed by atoms with Crippen LogP contribution in [0.4, 0.5) is 0 Å². The molecule has 0 aliphatic rings. The summed E-state index contributed by atoms with van der Waals surface area (Å²) in [6, 6.07) is 5.31. The summed E-state index contributed by atoms with van der Waals surface area (Å²) >= 11 is 0. The molecule has 3 N–H and O–H groups in total. The van der Waals surface area contributed by atoms with Gasteiger partial charge in [-0.05, 0) is 43.5 Å². The van der Waals surface area contributed by atoms with E-state index in [1.807, 2.05) is 0 Å². The molecule has 22 heavy (non-hydrogen) atoms. The Balaban J connectivity index is 2.66. The lowest BCUT2D eigenvalue weighted by atomic mass is 10.1. The number of allylic oxidation sites excluding steroid dienone is 1. The molecule has 0 heterocycles. The van der Waals surface area contributed by atoms with Gasteiger partial charge >= 0.3 is 5.97 Å². The van der Waals surface area contributed by atoms with E-state index in [-0.39, 0.29) is 0 Å². The van der Waals surface area contributed by atoms with Crippen molar-refractivity contribution >= 4 is 17.8 Å². The normalized spacial score (nSPS) is 11.3. The van der Waals surface area contributed by atoms with Crippen LogP contribution in [0.15, 0.2) is 36.9 Å². The van der Waals surface area contributed by atoms with Crippen molar-refractivity contribution in [3.63, 3.8) is 0 Å². The number of hydrogen-bond acceptors (Lipinski definition) is 4. The summed E-state index contributed by atoms with van der Waals surface area (Å²) in [6.45, 7) is 4.89. The molecule has 6 heteroatoms. The van der Waals surface area contributed by atoms with Crippen LogP contribution in [-0.4, -0.2) is 23.8 Å². The van der Waals surface area contributed by atoms with Gasteiger partial charge < -0.3 is 15.8 Å². The smallest absolute Gasteiger partial charge is 0.308 e. The molecule has 0 bridgehead atoms. The zero-order valence-corrected chi connectivity index (χ0v) is 12.5. The highest BCUT2D eigenvalue weighted by Crippen LogP contribution is 2.13. The Bertz CT molecular complexity index is 552. The van der Waals surface area contributed by atoms with Crippen molar-refractivity contribution in [1.82, 2.24) is 5.32 Å². The van der Waals surface area contributed by atoms with E-state index in [0.29, 0.717) is 24.2 Å². The van der Waals surface area contributed by atoms with Gasteiger partial charge in [-0.15, -0.1) is 6.58 Å². The molecule has 0 saturated carbocycles. The summed E-state index contributed by atoms with van der Waals surface area (Å²) in [4.78, 5) is 34.3. The topological polar surface area (TPSA) is 98.5 Å². The maximum atomic E-state index is 12.1. The minimum Gasteiger partial charge on any atom is -0.427 e. The maximum Gasteiger partial charge on any atom is 0.308 e. The van der Waals surface area contributed by atoms with E-state index in [2.05, 4.69) is 11.9 Å². The monoisotopic (exact) mass is 304 g/mol. The molecule has 0 fully saturated rings. The van der Waals surface area contributed by atoms with Crippen LogP contribution in [-0.2, 0) is 9.59 Å². The van der Waals surface area contributed by atoms with Crippen molar-refractivity contribution in [2.45, 2.75) is 32.2 Å². The molecule has 1 aromatic carbocycles. The number of benzene rings is 1. The predicted molar refractivity (Wildman–Crippen MR) is 82.2 cm³/mol. The Kier molecular flexibility index (Phi) is 6.82. The Morgan fingerprint density at radius 2 is 1.95 bits per heavy atom. The number of carbonyl (C=O) groups is 3.